The monoisotopic (exact) mass is 517 g/mol. The molecule has 0 saturated heterocycles. The van der Waals surface area contributed by atoms with Gasteiger partial charge >= 0.3 is 0 Å². The van der Waals surface area contributed by atoms with Crippen molar-refractivity contribution in [3.63, 3.8) is 0 Å². The highest BCUT2D eigenvalue weighted by molar-refractivity contribution is 7.89. The van der Waals surface area contributed by atoms with E-state index in [4.69, 9.17) is 0 Å². The molecule has 2 N–H and O–H groups in total. The summed E-state index contributed by atoms with van der Waals surface area (Å²) in [4.78, 5) is 27.7. The Morgan fingerprint density at radius 1 is 1.03 bits per heavy atom. The summed E-state index contributed by atoms with van der Waals surface area (Å²) in [6.45, 7) is 4.53. The Labute approximate surface area is 213 Å². The zero-order chi connectivity index (χ0) is 26.1. The van der Waals surface area contributed by atoms with E-state index in [0.717, 1.165) is 43.2 Å². The van der Waals surface area contributed by atoms with E-state index in [1.54, 1.807) is 43.3 Å². The second-order valence-electron chi connectivity index (χ2n) is 9.36. The second kappa shape index (κ2) is 13.0. The largest absolute Gasteiger partial charge is 0.354 e. The van der Waals surface area contributed by atoms with Crippen LogP contribution in [0.1, 0.15) is 63.5 Å². The van der Waals surface area contributed by atoms with E-state index < -0.39 is 16.1 Å². The molecule has 0 bridgehead atoms. The number of rotatable bonds is 14. The first-order chi connectivity index (χ1) is 17.2. The van der Waals surface area contributed by atoms with E-state index in [0.29, 0.717) is 13.0 Å². The molecule has 9 heteroatoms. The van der Waals surface area contributed by atoms with Crippen molar-refractivity contribution in [3.8, 4) is 0 Å². The van der Waals surface area contributed by atoms with Crippen LogP contribution < -0.4 is 10.0 Å². The van der Waals surface area contributed by atoms with E-state index >= 15 is 0 Å². The van der Waals surface area contributed by atoms with Gasteiger partial charge in [-0.2, -0.15) is 0 Å². The lowest BCUT2D eigenvalue weighted by atomic mass is 10.1. The van der Waals surface area contributed by atoms with E-state index in [-0.39, 0.29) is 41.5 Å². The third-order valence-electron chi connectivity index (χ3n) is 6.27. The average molecular weight is 518 g/mol. The van der Waals surface area contributed by atoms with E-state index in [9.17, 15) is 22.4 Å². The number of unbranched alkanes of at least 4 members (excludes halogenated alkanes) is 2. The van der Waals surface area contributed by atoms with Gasteiger partial charge < -0.3 is 10.2 Å². The number of aryl methyl sites for hydroxylation is 1. The van der Waals surface area contributed by atoms with Gasteiger partial charge in [0.1, 0.15) is 11.9 Å². The lowest BCUT2D eigenvalue weighted by Crippen LogP contribution is -2.47. The molecule has 0 aliphatic heterocycles. The number of carbonyl (C=O) groups is 2. The molecule has 0 heterocycles. The summed E-state index contributed by atoms with van der Waals surface area (Å²) in [5, 5.41) is 2.90. The predicted octanol–water partition coefficient (Wildman–Crippen LogP) is 3.92. The number of carbonyl (C=O) groups excluding carboxylic acids is 2. The molecule has 1 aliphatic rings. The molecule has 1 saturated carbocycles. The molecular weight excluding hydrogens is 481 g/mol. The minimum absolute atomic E-state index is 0.0326. The molecule has 2 aromatic rings. The molecule has 2 aromatic carbocycles. The lowest BCUT2D eigenvalue weighted by molar-refractivity contribution is -0.140. The van der Waals surface area contributed by atoms with Gasteiger partial charge in [0.25, 0.3) is 0 Å². The molecular formula is C27H36FN3O4S. The molecule has 1 atom stereocenters. The molecule has 36 heavy (non-hydrogen) atoms. The van der Waals surface area contributed by atoms with Gasteiger partial charge in [-0.05, 0) is 68.0 Å². The summed E-state index contributed by atoms with van der Waals surface area (Å²) in [5.74, 6) is -0.793. The van der Waals surface area contributed by atoms with Crippen molar-refractivity contribution in [1.29, 1.82) is 0 Å². The van der Waals surface area contributed by atoms with Crippen LogP contribution in [0.15, 0.2) is 53.4 Å². The fourth-order valence-corrected chi connectivity index (χ4v) is 5.13. The van der Waals surface area contributed by atoms with Crippen LogP contribution in [-0.4, -0.2) is 43.8 Å². The average Bonchev–Trinajstić information content (AvgIpc) is 3.68. The van der Waals surface area contributed by atoms with Crippen molar-refractivity contribution >= 4 is 21.8 Å². The van der Waals surface area contributed by atoms with Crippen molar-refractivity contribution in [1.82, 2.24) is 14.9 Å². The number of amides is 2. The molecule has 1 unspecified atom stereocenters. The summed E-state index contributed by atoms with van der Waals surface area (Å²) in [6.07, 6.45) is 5.23. The highest BCUT2D eigenvalue weighted by Crippen LogP contribution is 2.22. The molecule has 0 spiro atoms. The van der Waals surface area contributed by atoms with Gasteiger partial charge in [-0.1, -0.05) is 44.0 Å². The molecule has 2 amide bonds. The van der Waals surface area contributed by atoms with Gasteiger partial charge in [-0.25, -0.2) is 17.5 Å². The molecule has 1 fully saturated rings. The second-order valence-corrected chi connectivity index (χ2v) is 11.1. The maximum absolute atomic E-state index is 13.4. The third kappa shape index (κ3) is 8.41. The molecule has 0 radical (unpaired) electrons. The van der Waals surface area contributed by atoms with Gasteiger partial charge in [-0.15, -0.1) is 0 Å². The predicted molar refractivity (Wildman–Crippen MR) is 137 cm³/mol. The summed E-state index contributed by atoms with van der Waals surface area (Å²) >= 11 is 0. The number of nitrogens with one attached hydrogen (secondary N) is 2. The fourth-order valence-electron chi connectivity index (χ4n) is 3.82. The van der Waals surface area contributed by atoms with Crippen LogP contribution >= 0.6 is 0 Å². The molecule has 0 aromatic heterocycles. The minimum Gasteiger partial charge on any atom is -0.354 e. The van der Waals surface area contributed by atoms with Crippen molar-refractivity contribution in [2.24, 2.45) is 0 Å². The fraction of sp³-hybridized carbons (Fsp3) is 0.481. The SMILES string of the molecule is CCCCCNC(=O)C(C)N(Cc1ccc(F)cc1)C(=O)CCc1ccc(S(=O)(=O)NC2CC2)cc1. The van der Waals surface area contributed by atoms with Gasteiger partial charge in [-0.3, -0.25) is 9.59 Å². The summed E-state index contributed by atoms with van der Waals surface area (Å²) in [7, 11) is -3.52. The van der Waals surface area contributed by atoms with Crippen LogP contribution in [0.4, 0.5) is 4.39 Å². The number of halogens is 1. The minimum atomic E-state index is -3.52. The lowest BCUT2D eigenvalue weighted by Gasteiger charge is -2.29. The number of hydrogen-bond donors (Lipinski definition) is 2. The Balaban J connectivity index is 1.64. The van der Waals surface area contributed by atoms with Gasteiger partial charge in [0.2, 0.25) is 21.8 Å². The third-order valence-corrected chi connectivity index (χ3v) is 7.81. The Kier molecular flexibility index (Phi) is 10.0. The van der Waals surface area contributed by atoms with E-state index in [1.165, 1.54) is 17.0 Å². The van der Waals surface area contributed by atoms with Crippen LogP contribution in [0, 0.1) is 5.82 Å². The number of nitrogens with zero attached hydrogens (tertiary/aromatic N) is 1. The van der Waals surface area contributed by atoms with Crippen LogP contribution in [0.3, 0.4) is 0 Å². The van der Waals surface area contributed by atoms with Gasteiger partial charge in [0.15, 0.2) is 0 Å². The maximum atomic E-state index is 13.4. The van der Waals surface area contributed by atoms with E-state index in [1.807, 2.05) is 0 Å². The highest BCUT2D eigenvalue weighted by atomic mass is 32.2. The van der Waals surface area contributed by atoms with Crippen molar-refractivity contribution in [3.05, 3.63) is 65.5 Å². The van der Waals surface area contributed by atoms with Crippen LogP contribution in [0.25, 0.3) is 0 Å². The summed E-state index contributed by atoms with van der Waals surface area (Å²) in [6, 6.07) is 11.7. The number of benzene rings is 2. The first-order valence-corrected chi connectivity index (χ1v) is 14.1. The Morgan fingerprint density at radius 3 is 2.28 bits per heavy atom. The maximum Gasteiger partial charge on any atom is 0.242 e. The van der Waals surface area contributed by atoms with E-state index in [2.05, 4.69) is 17.0 Å². The van der Waals surface area contributed by atoms with Gasteiger partial charge in [0, 0.05) is 25.6 Å². The zero-order valence-electron chi connectivity index (χ0n) is 21.0. The van der Waals surface area contributed by atoms with Crippen molar-refractivity contribution in [2.75, 3.05) is 6.54 Å². The highest BCUT2D eigenvalue weighted by Gasteiger charge is 2.28. The topological polar surface area (TPSA) is 95.6 Å². The molecule has 1 aliphatic carbocycles. The Hall–Kier alpha value is -2.78. The molecule has 7 nitrogen and oxygen atoms in total. The summed E-state index contributed by atoms with van der Waals surface area (Å²) < 4.78 is 40.7. The summed E-state index contributed by atoms with van der Waals surface area (Å²) in [5.41, 5.74) is 1.56. The van der Waals surface area contributed by atoms with Crippen LogP contribution in [0.2, 0.25) is 0 Å². The molecule has 3 rings (SSSR count). The van der Waals surface area contributed by atoms with Crippen LogP contribution in [0.5, 0.6) is 0 Å². The first-order valence-electron chi connectivity index (χ1n) is 12.6. The van der Waals surface area contributed by atoms with Crippen molar-refractivity contribution in [2.45, 2.75) is 82.3 Å². The Morgan fingerprint density at radius 2 is 1.67 bits per heavy atom. The number of sulfonamides is 1. The quantitative estimate of drug-likeness (QED) is 0.371. The van der Waals surface area contributed by atoms with Gasteiger partial charge in [0.05, 0.1) is 4.90 Å². The standard InChI is InChI=1S/C27H36FN3O4S/c1-3-4-5-18-29-27(33)20(2)31(19-22-6-11-23(28)12-7-22)26(32)17-10-21-8-15-25(16-9-21)36(34,35)30-24-13-14-24/h6-9,11-12,15-16,20,24,30H,3-5,10,13-14,17-19H2,1-2H3,(H,29,33). The Bertz CT molecular complexity index is 1120. The number of hydrogen-bond acceptors (Lipinski definition) is 4. The normalized spacial score (nSPS) is 14.3. The van der Waals surface area contributed by atoms with Crippen molar-refractivity contribution < 1.29 is 22.4 Å². The van der Waals surface area contributed by atoms with Crippen LogP contribution in [-0.2, 0) is 32.6 Å². The molecule has 196 valence electrons. The smallest absolute Gasteiger partial charge is 0.242 e. The first kappa shape index (κ1) is 27.8. The zero-order valence-corrected chi connectivity index (χ0v) is 21.8.